The number of hydrogen-bond acceptors (Lipinski definition) is 6. The van der Waals surface area contributed by atoms with Crippen molar-refractivity contribution in [2.45, 2.75) is 38.1 Å². The van der Waals surface area contributed by atoms with Gasteiger partial charge >= 0.3 is 5.97 Å². The van der Waals surface area contributed by atoms with Crippen molar-refractivity contribution in [1.29, 1.82) is 0 Å². The minimum Gasteiger partial charge on any atom is -0.427 e. The number of amides is 1. The number of nitrogens with zero attached hydrogens (tertiary/aromatic N) is 1. The van der Waals surface area contributed by atoms with Gasteiger partial charge in [-0.25, -0.2) is 4.98 Å². The van der Waals surface area contributed by atoms with Gasteiger partial charge in [0, 0.05) is 12.6 Å². The number of rotatable bonds is 9. The number of esters is 1. The lowest BCUT2D eigenvalue weighted by Crippen LogP contribution is -2.34. The highest BCUT2D eigenvalue weighted by Gasteiger charge is 2.21. The van der Waals surface area contributed by atoms with Crippen molar-refractivity contribution >= 4 is 17.7 Å². The zero-order valence-corrected chi connectivity index (χ0v) is 21.2. The fraction of sp³-hybridized carbons (Fsp3) is 0.194. The molecule has 0 fully saturated rings. The van der Waals surface area contributed by atoms with E-state index in [0.717, 1.165) is 36.6 Å². The standard InChI is InChI=1S/C31H27N3O5/c35-26(16-17-27(36)39-24-15-14-20-12-7-13-23(20)18-24)29-32-19-25(31(38)34-29)30(37)33-28(21-8-3-1-4-9-21)22-10-5-2-6-11-22/h1-6,8-11,14-15,18-19,28H,7,12-13,16-17H2,(H,33,37)(H,32,34,38). The molecule has 0 saturated heterocycles. The third-order valence-corrected chi connectivity index (χ3v) is 6.71. The van der Waals surface area contributed by atoms with Gasteiger partial charge in [0.25, 0.3) is 11.5 Å². The number of carbonyl (C=O) groups is 3. The summed E-state index contributed by atoms with van der Waals surface area (Å²) in [7, 11) is 0. The monoisotopic (exact) mass is 521 g/mol. The Balaban J connectivity index is 1.22. The number of aromatic nitrogens is 2. The number of benzene rings is 3. The highest BCUT2D eigenvalue weighted by Crippen LogP contribution is 2.26. The van der Waals surface area contributed by atoms with Crippen molar-refractivity contribution < 1.29 is 19.1 Å². The van der Waals surface area contributed by atoms with Crippen LogP contribution >= 0.6 is 0 Å². The average molecular weight is 522 g/mol. The fourth-order valence-corrected chi connectivity index (χ4v) is 4.69. The molecule has 39 heavy (non-hydrogen) atoms. The van der Waals surface area contributed by atoms with E-state index in [4.69, 9.17) is 4.74 Å². The van der Waals surface area contributed by atoms with Crippen molar-refractivity contribution in [1.82, 2.24) is 15.3 Å². The van der Waals surface area contributed by atoms with E-state index >= 15 is 0 Å². The molecule has 1 amide bonds. The molecule has 0 aliphatic heterocycles. The first-order chi connectivity index (χ1) is 19.0. The summed E-state index contributed by atoms with van der Waals surface area (Å²) in [5.41, 5.74) is 3.18. The minimum atomic E-state index is -0.744. The first-order valence-electron chi connectivity index (χ1n) is 12.8. The summed E-state index contributed by atoms with van der Waals surface area (Å²) in [5, 5.41) is 2.89. The molecule has 2 N–H and O–H groups in total. The topological polar surface area (TPSA) is 118 Å². The Morgan fingerprint density at radius 3 is 2.21 bits per heavy atom. The highest BCUT2D eigenvalue weighted by molar-refractivity contribution is 5.96. The number of aromatic amines is 1. The molecule has 0 spiro atoms. The smallest absolute Gasteiger partial charge is 0.311 e. The molecule has 0 unspecified atom stereocenters. The normalized spacial score (nSPS) is 12.1. The lowest BCUT2D eigenvalue weighted by atomic mass is 9.98. The maximum Gasteiger partial charge on any atom is 0.311 e. The molecule has 196 valence electrons. The van der Waals surface area contributed by atoms with Crippen LogP contribution in [0, 0.1) is 0 Å². The maximum absolute atomic E-state index is 13.0. The molecule has 8 nitrogen and oxygen atoms in total. The average Bonchev–Trinajstić information content (AvgIpc) is 3.43. The summed E-state index contributed by atoms with van der Waals surface area (Å²) in [6.07, 6.45) is 3.81. The molecular weight excluding hydrogens is 494 g/mol. The van der Waals surface area contributed by atoms with Crippen molar-refractivity contribution in [3.05, 3.63) is 129 Å². The predicted molar refractivity (Wildman–Crippen MR) is 145 cm³/mol. The van der Waals surface area contributed by atoms with E-state index in [0.29, 0.717) is 5.75 Å². The Morgan fingerprint density at radius 1 is 0.872 bits per heavy atom. The van der Waals surface area contributed by atoms with E-state index in [1.807, 2.05) is 72.8 Å². The first-order valence-corrected chi connectivity index (χ1v) is 12.8. The van der Waals surface area contributed by atoms with Crippen LogP contribution in [0.2, 0.25) is 0 Å². The third-order valence-electron chi connectivity index (χ3n) is 6.71. The molecule has 0 radical (unpaired) electrons. The summed E-state index contributed by atoms with van der Waals surface area (Å²) in [6, 6.07) is 23.9. The third kappa shape index (κ3) is 6.18. The molecular formula is C31H27N3O5. The largest absolute Gasteiger partial charge is 0.427 e. The number of ketones is 1. The highest BCUT2D eigenvalue weighted by atomic mass is 16.5. The van der Waals surface area contributed by atoms with Gasteiger partial charge in [0.2, 0.25) is 0 Å². The molecule has 0 atom stereocenters. The fourth-order valence-electron chi connectivity index (χ4n) is 4.69. The molecule has 4 aromatic rings. The van der Waals surface area contributed by atoms with Gasteiger partial charge in [-0.1, -0.05) is 66.7 Å². The van der Waals surface area contributed by atoms with Crippen LogP contribution in [-0.4, -0.2) is 27.6 Å². The van der Waals surface area contributed by atoms with Gasteiger partial charge in [0.05, 0.1) is 12.5 Å². The number of aryl methyl sites for hydroxylation is 2. The number of ether oxygens (including phenoxy) is 1. The van der Waals surface area contributed by atoms with Crippen LogP contribution in [0.3, 0.4) is 0 Å². The van der Waals surface area contributed by atoms with E-state index in [-0.39, 0.29) is 24.2 Å². The van der Waals surface area contributed by atoms with Crippen molar-refractivity contribution in [3.8, 4) is 5.75 Å². The molecule has 5 rings (SSSR count). The summed E-state index contributed by atoms with van der Waals surface area (Å²) in [4.78, 5) is 57.0. The maximum atomic E-state index is 13.0. The summed E-state index contributed by atoms with van der Waals surface area (Å²) >= 11 is 0. The van der Waals surface area contributed by atoms with Crippen LogP contribution < -0.4 is 15.6 Å². The molecule has 8 heteroatoms. The first kappa shape index (κ1) is 25.8. The summed E-state index contributed by atoms with van der Waals surface area (Å²) < 4.78 is 5.37. The van der Waals surface area contributed by atoms with E-state index in [1.54, 1.807) is 6.07 Å². The van der Waals surface area contributed by atoms with E-state index in [2.05, 4.69) is 15.3 Å². The minimum absolute atomic E-state index is 0.169. The van der Waals surface area contributed by atoms with Crippen molar-refractivity contribution in [3.63, 3.8) is 0 Å². The number of H-pyrrole nitrogens is 1. The SMILES string of the molecule is O=C(CCC(=O)c1ncc(C(=O)NC(c2ccccc2)c2ccccc2)c(=O)[nH]1)Oc1ccc2c(c1)CCC2. The zero-order chi connectivity index (χ0) is 27.2. The van der Waals surface area contributed by atoms with Crippen LogP contribution in [0.5, 0.6) is 5.75 Å². The Morgan fingerprint density at radius 2 is 1.54 bits per heavy atom. The van der Waals surface area contributed by atoms with Crippen LogP contribution in [-0.2, 0) is 17.6 Å². The lowest BCUT2D eigenvalue weighted by Gasteiger charge is -2.19. The van der Waals surface area contributed by atoms with Gasteiger partial charge in [-0.15, -0.1) is 0 Å². The van der Waals surface area contributed by atoms with Crippen LogP contribution in [0.15, 0.2) is 89.9 Å². The Hall–Kier alpha value is -4.85. The predicted octanol–water partition coefficient (Wildman–Crippen LogP) is 4.35. The quantitative estimate of drug-likeness (QED) is 0.192. The second-order valence-electron chi connectivity index (χ2n) is 9.38. The summed E-state index contributed by atoms with van der Waals surface area (Å²) in [5.74, 6) is -1.47. The molecule has 3 aromatic carbocycles. The number of hydrogen-bond donors (Lipinski definition) is 2. The zero-order valence-electron chi connectivity index (χ0n) is 21.2. The Kier molecular flexibility index (Phi) is 7.73. The molecule has 1 aromatic heterocycles. The van der Waals surface area contributed by atoms with Gasteiger partial charge in [0.15, 0.2) is 11.6 Å². The van der Waals surface area contributed by atoms with Gasteiger partial charge < -0.3 is 15.0 Å². The summed E-state index contributed by atoms with van der Waals surface area (Å²) in [6.45, 7) is 0. The van der Waals surface area contributed by atoms with Gasteiger partial charge in [-0.2, -0.15) is 0 Å². The van der Waals surface area contributed by atoms with Crippen LogP contribution in [0.4, 0.5) is 0 Å². The van der Waals surface area contributed by atoms with Gasteiger partial charge in [-0.05, 0) is 53.6 Å². The second-order valence-corrected chi connectivity index (χ2v) is 9.38. The van der Waals surface area contributed by atoms with E-state index in [1.165, 1.54) is 11.1 Å². The number of nitrogens with one attached hydrogen (secondary N) is 2. The van der Waals surface area contributed by atoms with Gasteiger partial charge in [-0.3, -0.25) is 19.2 Å². The molecule has 0 saturated carbocycles. The van der Waals surface area contributed by atoms with Crippen molar-refractivity contribution in [2.24, 2.45) is 0 Å². The molecule has 1 heterocycles. The molecule has 1 aliphatic carbocycles. The number of Topliss-reactive ketones (excluding diaryl/α,β-unsaturated/α-hetero) is 1. The molecule has 1 aliphatic rings. The van der Waals surface area contributed by atoms with Crippen LogP contribution in [0.1, 0.15) is 68.5 Å². The van der Waals surface area contributed by atoms with Crippen molar-refractivity contribution in [2.75, 3.05) is 0 Å². The second kappa shape index (κ2) is 11.7. The molecule has 0 bridgehead atoms. The lowest BCUT2D eigenvalue weighted by molar-refractivity contribution is -0.134. The number of fused-ring (bicyclic) bond motifs is 1. The van der Waals surface area contributed by atoms with E-state index in [9.17, 15) is 19.2 Å². The van der Waals surface area contributed by atoms with Crippen LogP contribution in [0.25, 0.3) is 0 Å². The van der Waals surface area contributed by atoms with E-state index < -0.39 is 29.3 Å². The Bertz CT molecular complexity index is 1520. The number of carbonyl (C=O) groups excluding carboxylic acids is 3. The Labute approximate surface area is 225 Å². The van der Waals surface area contributed by atoms with Gasteiger partial charge in [0.1, 0.15) is 11.3 Å².